The second-order valence-corrected chi connectivity index (χ2v) is 7.65. The van der Waals surface area contributed by atoms with Crippen LogP contribution in [0.15, 0.2) is 48.5 Å². The third-order valence-corrected chi connectivity index (χ3v) is 5.18. The molecule has 0 spiro atoms. The van der Waals surface area contributed by atoms with Gasteiger partial charge in [0, 0.05) is 23.5 Å². The molecule has 8 nitrogen and oxygen atoms in total. The van der Waals surface area contributed by atoms with Gasteiger partial charge >= 0.3 is 6.03 Å². The van der Waals surface area contributed by atoms with Crippen LogP contribution in [0.25, 0.3) is 5.82 Å². The van der Waals surface area contributed by atoms with Gasteiger partial charge in [0.05, 0.1) is 11.4 Å². The van der Waals surface area contributed by atoms with Crippen LogP contribution in [0.4, 0.5) is 25.0 Å². The van der Waals surface area contributed by atoms with Crippen molar-refractivity contribution in [2.75, 3.05) is 10.6 Å². The Balaban J connectivity index is 1.45. The Morgan fingerprint density at radius 2 is 1.68 bits per heavy atom. The molecule has 4 rings (SSSR count). The fourth-order valence-corrected chi connectivity index (χ4v) is 3.23. The topological polar surface area (TPSA) is 94.0 Å². The highest BCUT2D eigenvalue weighted by Gasteiger charge is 2.13. The molecule has 2 aromatic heterocycles. The largest absolute Gasteiger partial charge is 0.439 e. The summed E-state index contributed by atoms with van der Waals surface area (Å²) in [5, 5.41) is 9.43. The number of carbonyl (C=O) groups excluding carboxylic acids is 1. The predicted octanol–water partition coefficient (Wildman–Crippen LogP) is 5.61. The van der Waals surface area contributed by atoms with E-state index in [1.165, 1.54) is 0 Å². The van der Waals surface area contributed by atoms with E-state index in [0.29, 0.717) is 35.0 Å². The summed E-state index contributed by atoms with van der Waals surface area (Å²) in [5.74, 6) is 0.367. The lowest BCUT2D eigenvalue weighted by atomic mass is 10.2. The number of carbonyl (C=O) groups is 1. The maximum atomic E-state index is 13.7. The molecule has 10 heteroatoms. The van der Waals surface area contributed by atoms with Crippen molar-refractivity contribution in [2.45, 2.75) is 27.7 Å². The van der Waals surface area contributed by atoms with Crippen LogP contribution in [-0.2, 0) is 0 Å². The number of amides is 2. The number of urea groups is 1. The molecule has 2 aromatic carbocycles. The van der Waals surface area contributed by atoms with E-state index < -0.39 is 17.7 Å². The van der Waals surface area contributed by atoms with Gasteiger partial charge in [-0.3, -0.25) is 0 Å². The molecular formula is C24H22F2N6O2. The van der Waals surface area contributed by atoms with Crippen molar-refractivity contribution >= 4 is 17.4 Å². The first-order valence-electron chi connectivity index (χ1n) is 10.4. The van der Waals surface area contributed by atoms with Crippen molar-refractivity contribution in [2.24, 2.45) is 0 Å². The molecule has 0 bridgehead atoms. The van der Waals surface area contributed by atoms with Gasteiger partial charge in [-0.2, -0.15) is 10.1 Å². The van der Waals surface area contributed by atoms with Gasteiger partial charge in [-0.1, -0.05) is 0 Å². The van der Waals surface area contributed by atoms with Gasteiger partial charge in [0.25, 0.3) is 0 Å². The molecule has 0 radical (unpaired) electrons. The highest BCUT2D eigenvalue weighted by Crippen LogP contribution is 2.24. The van der Waals surface area contributed by atoms with E-state index in [-0.39, 0.29) is 5.69 Å². The molecule has 0 fully saturated rings. The number of hydrogen-bond acceptors (Lipinski definition) is 5. The van der Waals surface area contributed by atoms with Gasteiger partial charge in [0.1, 0.15) is 23.2 Å². The predicted molar refractivity (Wildman–Crippen MR) is 124 cm³/mol. The zero-order valence-corrected chi connectivity index (χ0v) is 19.0. The van der Waals surface area contributed by atoms with Gasteiger partial charge in [0.15, 0.2) is 5.82 Å². The van der Waals surface area contributed by atoms with Crippen molar-refractivity contribution in [3.05, 3.63) is 82.9 Å². The Morgan fingerprint density at radius 1 is 0.941 bits per heavy atom. The van der Waals surface area contributed by atoms with Crippen LogP contribution >= 0.6 is 0 Å². The van der Waals surface area contributed by atoms with Crippen molar-refractivity contribution < 1.29 is 18.3 Å². The summed E-state index contributed by atoms with van der Waals surface area (Å²) in [6, 6.07) is 10.5. The van der Waals surface area contributed by atoms with E-state index in [1.54, 1.807) is 41.9 Å². The number of benzene rings is 2. The third kappa shape index (κ3) is 5.01. The average molecular weight is 464 g/mol. The summed E-state index contributed by atoms with van der Waals surface area (Å²) < 4.78 is 34.3. The third-order valence-electron chi connectivity index (χ3n) is 5.18. The quantitative estimate of drug-likeness (QED) is 0.400. The van der Waals surface area contributed by atoms with Gasteiger partial charge in [-0.15, -0.1) is 0 Å². The molecule has 0 saturated carbocycles. The monoisotopic (exact) mass is 464 g/mol. The van der Waals surface area contributed by atoms with Crippen LogP contribution in [-0.4, -0.2) is 25.8 Å². The number of nitrogens with zero attached hydrogens (tertiary/aromatic N) is 4. The van der Waals surface area contributed by atoms with Crippen molar-refractivity contribution in [1.29, 1.82) is 0 Å². The van der Waals surface area contributed by atoms with Gasteiger partial charge in [0.2, 0.25) is 5.88 Å². The van der Waals surface area contributed by atoms with E-state index in [0.717, 1.165) is 29.1 Å². The lowest BCUT2D eigenvalue weighted by Gasteiger charge is -2.11. The number of halogens is 2. The molecule has 0 atom stereocenters. The molecule has 0 aliphatic heterocycles. The minimum atomic E-state index is -0.867. The SMILES string of the molecule is Cc1nc(Oc2ccc(NC(=O)Nc3ccc(F)cc3F)cc2)cc(-n2nc(C)c(C)c2C)n1. The van der Waals surface area contributed by atoms with Crippen molar-refractivity contribution in [1.82, 2.24) is 19.7 Å². The van der Waals surface area contributed by atoms with Gasteiger partial charge < -0.3 is 15.4 Å². The van der Waals surface area contributed by atoms with Crippen molar-refractivity contribution in [3.8, 4) is 17.4 Å². The highest BCUT2D eigenvalue weighted by atomic mass is 19.1. The molecule has 0 aliphatic rings. The van der Waals surface area contributed by atoms with E-state index in [1.807, 2.05) is 20.8 Å². The van der Waals surface area contributed by atoms with E-state index >= 15 is 0 Å². The summed E-state index contributed by atoms with van der Waals surface area (Å²) in [5.41, 5.74) is 3.31. The minimum absolute atomic E-state index is 0.133. The number of rotatable bonds is 5. The number of aromatic nitrogens is 4. The lowest BCUT2D eigenvalue weighted by molar-refractivity contribution is 0.262. The maximum absolute atomic E-state index is 13.7. The van der Waals surface area contributed by atoms with E-state index in [2.05, 4.69) is 25.7 Å². The fourth-order valence-electron chi connectivity index (χ4n) is 3.23. The normalized spacial score (nSPS) is 10.8. The first-order chi connectivity index (χ1) is 16.2. The lowest BCUT2D eigenvalue weighted by Crippen LogP contribution is -2.20. The second kappa shape index (κ2) is 9.26. The molecule has 2 amide bonds. The number of hydrogen-bond donors (Lipinski definition) is 2. The van der Waals surface area contributed by atoms with Gasteiger partial charge in [-0.05, 0) is 69.7 Å². The molecule has 0 saturated heterocycles. The van der Waals surface area contributed by atoms with Crippen LogP contribution in [0, 0.1) is 39.3 Å². The average Bonchev–Trinajstić information content (AvgIpc) is 3.04. The number of nitrogens with one attached hydrogen (secondary N) is 2. The standard InChI is InChI=1S/C24H22F2N6O2/c1-13-14(2)31-32(15(13)3)22-12-23(28-16(4)27-22)34-19-8-6-18(7-9-19)29-24(33)30-21-10-5-17(25)11-20(21)26/h5-12H,1-4H3,(H2,29,30,33). The minimum Gasteiger partial charge on any atom is -0.439 e. The molecule has 2 N–H and O–H groups in total. The fraction of sp³-hybridized carbons (Fsp3) is 0.167. The first-order valence-corrected chi connectivity index (χ1v) is 10.4. The molecule has 0 unspecified atom stereocenters. The summed E-state index contributed by atoms with van der Waals surface area (Å²) in [6.45, 7) is 7.69. The molecule has 34 heavy (non-hydrogen) atoms. The zero-order valence-electron chi connectivity index (χ0n) is 19.0. The summed E-state index contributed by atoms with van der Waals surface area (Å²) >= 11 is 0. The molecule has 0 aliphatic carbocycles. The zero-order chi connectivity index (χ0) is 24.4. The maximum Gasteiger partial charge on any atom is 0.323 e. The van der Waals surface area contributed by atoms with Crippen LogP contribution < -0.4 is 15.4 Å². The van der Waals surface area contributed by atoms with E-state index in [9.17, 15) is 13.6 Å². The van der Waals surface area contributed by atoms with Crippen LogP contribution in [0.5, 0.6) is 11.6 Å². The molecule has 2 heterocycles. The Kier molecular flexibility index (Phi) is 6.22. The smallest absolute Gasteiger partial charge is 0.323 e. The second-order valence-electron chi connectivity index (χ2n) is 7.65. The summed E-state index contributed by atoms with van der Waals surface area (Å²) in [7, 11) is 0. The Labute approximate surface area is 194 Å². The van der Waals surface area contributed by atoms with Crippen molar-refractivity contribution in [3.63, 3.8) is 0 Å². The van der Waals surface area contributed by atoms with Crippen LogP contribution in [0.3, 0.4) is 0 Å². The number of aryl methyl sites for hydroxylation is 2. The molecule has 4 aromatic rings. The van der Waals surface area contributed by atoms with Crippen LogP contribution in [0.2, 0.25) is 0 Å². The highest BCUT2D eigenvalue weighted by molar-refractivity contribution is 5.99. The summed E-state index contributed by atoms with van der Waals surface area (Å²) in [4.78, 5) is 20.9. The Hall–Kier alpha value is -4.34. The molecular weight excluding hydrogens is 442 g/mol. The summed E-state index contributed by atoms with van der Waals surface area (Å²) in [6.07, 6.45) is 0. The van der Waals surface area contributed by atoms with Crippen LogP contribution in [0.1, 0.15) is 22.8 Å². The Bertz CT molecular complexity index is 1370. The number of anilines is 2. The Morgan fingerprint density at radius 3 is 2.32 bits per heavy atom. The molecule has 174 valence electrons. The van der Waals surface area contributed by atoms with Gasteiger partial charge in [-0.25, -0.2) is 23.2 Å². The van der Waals surface area contributed by atoms with E-state index in [4.69, 9.17) is 4.74 Å². The number of ether oxygens (including phenoxy) is 1. The first kappa shape index (κ1) is 22.8.